The van der Waals surface area contributed by atoms with Crippen LogP contribution >= 0.6 is 23.5 Å². The van der Waals surface area contributed by atoms with Gasteiger partial charge in [0.1, 0.15) is 35.6 Å². The number of carbonyl (C=O) groups excluding carboxylic acids is 1. The SMILES string of the molecule is C[C@@]1(O)[C@H](O)[C@@H](COP(=O)(O)OP(=O)(O)OP(=O)(O)O)O[C@H]1n1cc2c3c(ncnc31)NC(=O)C=C2NN. The van der Waals surface area contributed by atoms with E-state index in [0.717, 1.165) is 12.4 Å². The number of hydrazine groups is 1. The molecule has 0 aromatic carbocycles. The molecule has 0 aliphatic carbocycles. The molecule has 2 aromatic heterocycles. The standard InChI is InChI=1S/C15H21N6O14P3/c1-15(24)11(23)8(4-32-37(28,29)35-38(30,31)34-36(25,26)27)33-14(15)21-3-6-7(20-16)2-9(22)19-12-10(6)13(21)18-5-17-12/h2-3,5,8,11,14,20,23-24H,4,16H2,1H3,(H,28,29)(H,30,31)(H2,25,26,27)(H,17,18,19,22)/t8-,11-,14-,15-/m1/s1. The summed E-state index contributed by atoms with van der Waals surface area (Å²) < 4.78 is 53.0. The summed E-state index contributed by atoms with van der Waals surface area (Å²) in [5.41, 5.74) is 0.866. The zero-order chi connectivity index (χ0) is 28.3. The van der Waals surface area contributed by atoms with E-state index >= 15 is 0 Å². The van der Waals surface area contributed by atoms with E-state index in [1.165, 1.54) is 17.7 Å². The third-order valence-corrected chi connectivity index (χ3v) is 9.20. The molecule has 2 aromatic rings. The largest absolute Gasteiger partial charge is 0.490 e. The number of nitrogens with two attached hydrogens (primary N) is 1. The van der Waals surface area contributed by atoms with Crippen LogP contribution in [0.3, 0.4) is 0 Å². The Morgan fingerprint density at radius 1 is 1.21 bits per heavy atom. The highest BCUT2D eigenvalue weighted by Crippen LogP contribution is 2.66. The molecule has 6 atom stereocenters. The first-order valence-corrected chi connectivity index (χ1v) is 14.7. The smallest absolute Gasteiger partial charge is 0.387 e. The van der Waals surface area contributed by atoms with Crippen molar-refractivity contribution in [2.45, 2.75) is 31.0 Å². The van der Waals surface area contributed by atoms with Crippen LogP contribution in [0.15, 0.2) is 18.6 Å². The maximum Gasteiger partial charge on any atom is 0.490 e. The Labute approximate surface area is 211 Å². The van der Waals surface area contributed by atoms with Crippen molar-refractivity contribution in [3.63, 3.8) is 0 Å². The molecule has 10 N–H and O–H groups in total. The fourth-order valence-electron chi connectivity index (χ4n) is 3.89. The third-order valence-electron chi connectivity index (χ3n) is 5.40. The predicted molar refractivity (Wildman–Crippen MR) is 122 cm³/mol. The molecule has 0 spiro atoms. The van der Waals surface area contributed by atoms with Crippen LogP contribution in [-0.2, 0) is 36.4 Å². The molecule has 1 fully saturated rings. The average molecular weight is 602 g/mol. The average Bonchev–Trinajstić information content (AvgIpc) is 3.18. The van der Waals surface area contributed by atoms with Crippen LogP contribution in [-0.4, -0.2) is 74.6 Å². The number of hydrogen-bond acceptors (Lipinski definition) is 14. The Morgan fingerprint density at radius 3 is 2.53 bits per heavy atom. The van der Waals surface area contributed by atoms with Crippen LogP contribution in [0.25, 0.3) is 16.7 Å². The molecule has 0 bridgehead atoms. The Hall–Kier alpha value is -2.12. The van der Waals surface area contributed by atoms with E-state index in [0.29, 0.717) is 10.9 Å². The van der Waals surface area contributed by atoms with Crippen molar-refractivity contribution in [3.8, 4) is 0 Å². The van der Waals surface area contributed by atoms with E-state index in [4.69, 9.17) is 20.4 Å². The number of carbonyl (C=O) groups is 1. The van der Waals surface area contributed by atoms with Gasteiger partial charge in [-0.15, -0.1) is 0 Å². The van der Waals surface area contributed by atoms with Gasteiger partial charge in [-0.05, 0) is 6.92 Å². The Kier molecular flexibility index (Phi) is 7.46. The molecule has 0 radical (unpaired) electrons. The maximum absolute atomic E-state index is 12.1. The molecule has 38 heavy (non-hydrogen) atoms. The van der Waals surface area contributed by atoms with E-state index in [-0.39, 0.29) is 17.2 Å². The predicted octanol–water partition coefficient (Wildman–Crippen LogP) is -1.46. The van der Waals surface area contributed by atoms with Crippen molar-refractivity contribution in [1.29, 1.82) is 0 Å². The Balaban J connectivity index is 1.60. The molecular formula is C15H21N6O14P3. The second kappa shape index (κ2) is 9.81. The summed E-state index contributed by atoms with van der Waals surface area (Å²) in [6, 6.07) is 0. The second-order valence-electron chi connectivity index (χ2n) is 8.15. The Morgan fingerprint density at radius 2 is 1.89 bits per heavy atom. The molecule has 4 rings (SSSR count). The highest BCUT2D eigenvalue weighted by Gasteiger charge is 2.54. The molecule has 20 nitrogen and oxygen atoms in total. The topological polar surface area (TPSA) is 307 Å². The van der Waals surface area contributed by atoms with E-state index < -0.39 is 60.0 Å². The van der Waals surface area contributed by atoms with Gasteiger partial charge in [-0.25, -0.2) is 23.7 Å². The van der Waals surface area contributed by atoms with Crippen LogP contribution < -0.4 is 16.6 Å². The van der Waals surface area contributed by atoms with Crippen molar-refractivity contribution >= 4 is 51.9 Å². The normalized spacial score (nSPS) is 28.8. The lowest BCUT2D eigenvalue weighted by Gasteiger charge is -2.27. The van der Waals surface area contributed by atoms with Crippen molar-refractivity contribution in [2.75, 3.05) is 11.9 Å². The van der Waals surface area contributed by atoms with Crippen LogP contribution in [0.1, 0.15) is 18.7 Å². The monoisotopic (exact) mass is 602 g/mol. The number of anilines is 1. The molecule has 0 saturated carbocycles. The van der Waals surface area contributed by atoms with Crippen LogP contribution in [0.4, 0.5) is 5.82 Å². The summed E-state index contributed by atoms with van der Waals surface area (Å²) in [6.45, 7) is 0.154. The van der Waals surface area contributed by atoms with Crippen LogP contribution in [0, 0.1) is 0 Å². The van der Waals surface area contributed by atoms with Crippen molar-refractivity contribution in [2.24, 2.45) is 5.84 Å². The summed E-state index contributed by atoms with van der Waals surface area (Å²) in [5.74, 6) is 5.12. The number of ether oxygens (including phenoxy) is 1. The third kappa shape index (κ3) is 5.74. The number of nitrogens with one attached hydrogen (secondary N) is 2. The van der Waals surface area contributed by atoms with Gasteiger partial charge in [0.25, 0.3) is 5.91 Å². The molecule has 23 heteroatoms. The number of phosphoric acid groups is 3. The summed E-state index contributed by atoms with van der Waals surface area (Å²) >= 11 is 0. The molecule has 2 aliphatic rings. The Bertz CT molecular complexity index is 1450. The highest BCUT2D eigenvalue weighted by molar-refractivity contribution is 7.66. The van der Waals surface area contributed by atoms with Gasteiger partial charge in [0.15, 0.2) is 6.23 Å². The number of hydrogen-bond donors (Lipinski definition) is 9. The van der Waals surface area contributed by atoms with Gasteiger partial charge in [0.2, 0.25) is 0 Å². The molecule has 2 unspecified atom stereocenters. The number of amides is 1. The quantitative estimate of drug-likeness (QED) is 0.0899. The minimum Gasteiger partial charge on any atom is -0.387 e. The summed E-state index contributed by atoms with van der Waals surface area (Å²) in [5, 5.41) is 24.6. The van der Waals surface area contributed by atoms with Crippen LogP contribution in [0.2, 0.25) is 0 Å². The lowest BCUT2D eigenvalue weighted by Crippen LogP contribution is -2.44. The number of rotatable bonds is 9. The van der Waals surface area contributed by atoms with Gasteiger partial charge in [0, 0.05) is 17.8 Å². The second-order valence-corrected chi connectivity index (χ2v) is 12.6. The van der Waals surface area contributed by atoms with Gasteiger partial charge in [0.05, 0.1) is 17.7 Å². The minimum absolute atomic E-state index is 0.109. The summed E-state index contributed by atoms with van der Waals surface area (Å²) in [4.78, 5) is 56.4. The molecule has 4 heterocycles. The van der Waals surface area contributed by atoms with Crippen molar-refractivity contribution in [3.05, 3.63) is 24.2 Å². The lowest BCUT2D eigenvalue weighted by molar-refractivity contribution is -0.111. The summed E-state index contributed by atoms with van der Waals surface area (Å²) in [6.07, 6.45) is -1.12. The lowest BCUT2D eigenvalue weighted by atomic mass is 9.96. The van der Waals surface area contributed by atoms with Gasteiger partial charge >= 0.3 is 23.5 Å². The van der Waals surface area contributed by atoms with Gasteiger partial charge in [-0.1, -0.05) is 0 Å². The maximum atomic E-state index is 12.1. The fourth-order valence-corrected chi connectivity index (χ4v) is 6.92. The van der Waals surface area contributed by atoms with Gasteiger partial charge < -0.3 is 49.8 Å². The number of nitrogens with zero attached hydrogens (tertiary/aromatic N) is 3. The molecule has 210 valence electrons. The number of phosphoric ester groups is 1. The van der Waals surface area contributed by atoms with E-state index in [2.05, 4.69) is 33.9 Å². The van der Waals surface area contributed by atoms with Crippen LogP contribution in [0.5, 0.6) is 0 Å². The first kappa shape index (κ1) is 28.9. The van der Waals surface area contributed by atoms with Crippen molar-refractivity contribution in [1.82, 2.24) is 20.0 Å². The van der Waals surface area contributed by atoms with Crippen molar-refractivity contribution < 1.29 is 66.2 Å². The first-order chi connectivity index (χ1) is 17.4. The number of aromatic nitrogens is 3. The molecule has 1 amide bonds. The molecule has 2 aliphatic heterocycles. The zero-order valence-corrected chi connectivity index (χ0v) is 21.6. The summed E-state index contributed by atoms with van der Waals surface area (Å²) in [7, 11) is -16.9. The van der Waals surface area contributed by atoms with E-state index in [1.54, 1.807) is 0 Å². The number of aliphatic hydroxyl groups excluding tert-OH is 1. The minimum atomic E-state index is -5.77. The fraction of sp³-hybridized carbons (Fsp3) is 0.400. The zero-order valence-electron chi connectivity index (χ0n) is 18.9. The van der Waals surface area contributed by atoms with Gasteiger partial charge in [-0.2, -0.15) is 8.62 Å². The van der Waals surface area contributed by atoms with Gasteiger partial charge in [-0.3, -0.25) is 15.2 Å². The highest BCUT2D eigenvalue weighted by atomic mass is 31.3. The van der Waals surface area contributed by atoms with E-state index in [1.807, 2.05) is 0 Å². The first-order valence-electron chi connectivity index (χ1n) is 10.1. The van der Waals surface area contributed by atoms with E-state index in [9.17, 15) is 38.5 Å². The number of aliphatic hydroxyl groups is 2. The molecular weight excluding hydrogens is 581 g/mol. The molecule has 1 saturated heterocycles.